The van der Waals surface area contributed by atoms with Crippen LogP contribution in [0, 0.1) is 23.1 Å². The Kier molecular flexibility index (Phi) is 11.7. The molecule has 46 heavy (non-hydrogen) atoms. The van der Waals surface area contributed by atoms with E-state index < -0.39 is 23.7 Å². The van der Waals surface area contributed by atoms with Crippen molar-refractivity contribution >= 4 is 29.2 Å². The van der Waals surface area contributed by atoms with Gasteiger partial charge >= 0.3 is 0 Å². The fourth-order valence-corrected chi connectivity index (χ4v) is 6.66. The van der Waals surface area contributed by atoms with Gasteiger partial charge in [-0.1, -0.05) is 33.8 Å². The van der Waals surface area contributed by atoms with Gasteiger partial charge in [0.05, 0.1) is 5.69 Å². The predicted octanol–water partition coefficient (Wildman–Crippen LogP) is 4.86. The number of aryl methyl sites for hydroxylation is 1. The van der Waals surface area contributed by atoms with E-state index in [4.69, 9.17) is 0 Å². The first kappa shape index (κ1) is 35.3. The molecule has 1 aromatic heterocycles. The van der Waals surface area contributed by atoms with Crippen LogP contribution >= 0.6 is 0 Å². The number of piperazine rings is 1. The molecule has 1 aliphatic carbocycles. The summed E-state index contributed by atoms with van der Waals surface area (Å²) < 4.78 is 17.3. The highest BCUT2D eigenvalue weighted by atomic mass is 19.1. The molecule has 0 spiro atoms. The maximum absolute atomic E-state index is 15.7. The number of nitrogens with one attached hydrogen (secondary N) is 2. The molecule has 3 amide bonds. The maximum atomic E-state index is 15.7. The van der Waals surface area contributed by atoms with Gasteiger partial charge in [0.1, 0.15) is 17.6 Å². The average molecular weight is 639 g/mol. The zero-order valence-electron chi connectivity index (χ0n) is 28.3. The number of amides is 3. The lowest BCUT2D eigenvalue weighted by Gasteiger charge is -2.37. The fourth-order valence-electron chi connectivity index (χ4n) is 6.66. The Labute approximate surface area is 272 Å². The molecule has 2 aromatic rings. The number of likely N-dealkylation sites (N-methyl/N-ethyl adjacent to an activating group) is 1. The van der Waals surface area contributed by atoms with Crippen LogP contribution in [0.25, 0.3) is 0 Å². The van der Waals surface area contributed by atoms with Gasteiger partial charge in [0.25, 0.3) is 0 Å². The highest BCUT2D eigenvalue weighted by molar-refractivity contribution is 6.00. The van der Waals surface area contributed by atoms with Crippen LogP contribution < -0.4 is 10.6 Å². The molecular weight excluding hydrogens is 587 g/mol. The van der Waals surface area contributed by atoms with E-state index in [1.807, 2.05) is 14.0 Å². The number of rotatable bonds is 12. The lowest BCUT2D eigenvalue weighted by molar-refractivity contribution is -0.138. The second-order valence-corrected chi connectivity index (χ2v) is 13.8. The lowest BCUT2D eigenvalue weighted by atomic mass is 9.68. The number of nitrogens with zero attached hydrogens (tertiary/aromatic N) is 4. The molecule has 1 aliphatic heterocycles. The lowest BCUT2D eigenvalue weighted by Crippen LogP contribution is -2.55. The van der Waals surface area contributed by atoms with Crippen LogP contribution in [0.5, 0.6) is 0 Å². The zero-order chi connectivity index (χ0) is 33.6. The second-order valence-electron chi connectivity index (χ2n) is 13.8. The fraction of sp³-hybridized carbons (Fsp3) is 0.629. The van der Waals surface area contributed by atoms with E-state index in [0.29, 0.717) is 30.9 Å². The summed E-state index contributed by atoms with van der Waals surface area (Å²) >= 11 is 0. The van der Waals surface area contributed by atoms with Crippen molar-refractivity contribution in [2.45, 2.75) is 91.6 Å². The summed E-state index contributed by atoms with van der Waals surface area (Å²) in [6.45, 7) is 13.0. The van der Waals surface area contributed by atoms with Crippen LogP contribution in [0.4, 0.5) is 10.1 Å². The van der Waals surface area contributed by atoms with Crippen LogP contribution in [0.15, 0.2) is 30.5 Å². The molecule has 2 heterocycles. The summed E-state index contributed by atoms with van der Waals surface area (Å²) in [4.78, 5) is 57.0. The quantitative estimate of drug-likeness (QED) is 0.321. The minimum Gasteiger partial charge on any atom is -0.344 e. The highest BCUT2D eigenvalue weighted by Gasteiger charge is 2.37. The monoisotopic (exact) mass is 638 g/mol. The molecule has 10 nitrogen and oxygen atoms in total. The van der Waals surface area contributed by atoms with Crippen LogP contribution in [0.3, 0.4) is 0 Å². The third-order valence-electron chi connectivity index (χ3n) is 9.99. The largest absolute Gasteiger partial charge is 0.344 e. The molecule has 1 saturated heterocycles. The second kappa shape index (κ2) is 15.3. The Balaban J connectivity index is 1.52. The van der Waals surface area contributed by atoms with Crippen molar-refractivity contribution in [3.63, 3.8) is 0 Å². The van der Waals surface area contributed by atoms with Gasteiger partial charge in [-0.25, -0.2) is 4.39 Å². The van der Waals surface area contributed by atoms with Gasteiger partial charge in [-0.15, -0.1) is 0 Å². The van der Waals surface area contributed by atoms with Crippen molar-refractivity contribution in [1.29, 1.82) is 0 Å². The van der Waals surface area contributed by atoms with Crippen molar-refractivity contribution in [3.8, 4) is 0 Å². The number of carbonyl (C=O) groups excluding carboxylic acids is 4. The van der Waals surface area contributed by atoms with E-state index in [9.17, 15) is 19.2 Å². The topological polar surface area (TPSA) is 117 Å². The maximum Gasteiger partial charge on any atom is 0.245 e. The molecule has 252 valence electrons. The Bertz CT molecular complexity index is 1390. The van der Waals surface area contributed by atoms with E-state index in [1.54, 1.807) is 41.8 Å². The van der Waals surface area contributed by atoms with Gasteiger partial charge in [-0.2, -0.15) is 5.10 Å². The minimum atomic E-state index is -0.849. The Morgan fingerprint density at radius 1 is 1.04 bits per heavy atom. The van der Waals surface area contributed by atoms with Crippen LogP contribution in [-0.4, -0.2) is 82.4 Å². The van der Waals surface area contributed by atoms with E-state index in [-0.39, 0.29) is 53.4 Å². The molecule has 1 saturated carbocycles. The van der Waals surface area contributed by atoms with Gasteiger partial charge in [0.15, 0.2) is 5.78 Å². The number of hydrogen-bond donors (Lipinski definition) is 2. The molecule has 2 fully saturated rings. The average Bonchev–Trinajstić information content (AvgIpc) is 3.52. The molecule has 0 unspecified atom stereocenters. The number of benzene rings is 1. The molecule has 2 aliphatic rings. The van der Waals surface area contributed by atoms with Gasteiger partial charge in [-0.05, 0) is 74.8 Å². The van der Waals surface area contributed by atoms with Gasteiger partial charge < -0.3 is 20.4 Å². The van der Waals surface area contributed by atoms with E-state index in [1.165, 1.54) is 12.1 Å². The van der Waals surface area contributed by atoms with Crippen LogP contribution in [-0.2, 0) is 20.9 Å². The predicted molar refractivity (Wildman–Crippen MR) is 176 cm³/mol. The van der Waals surface area contributed by atoms with Crippen molar-refractivity contribution in [2.24, 2.45) is 17.3 Å². The Hall–Kier alpha value is -3.60. The minimum absolute atomic E-state index is 0.000789. The number of halogens is 1. The molecular formula is C35H51FN6O4. The third kappa shape index (κ3) is 8.60. The Morgan fingerprint density at radius 2 is 1.72 bits per heavy atom. The number of Topliss-reactive ketones (excluding diaryl/α,β-unsaturated/α-hetero) is 1. The number of aromatic nitrogens is 2. The summed E-state index contributed by atoms with van der Waals surface area (Å²) in [6.07, 6.45) is 5.36. The SMILES string of the molecule is CCC(=O)N[C@@H](C(=O)N1CCN(C)CC1)[C@@H](C)c1ccc(NC(=O)[C@@H](CC(=O)c2ccnn2CC)C2CCC(C)(C)CC2)c(F)c1. The van der Waals surface area contributed by atoms with E-state index in [2.05, 4.69) is 34.5 Å². The smallest absolute Gasteiger partial charge is 0.245 e. The summed E-state index contributed by atoms with van der Waals surface area (Å²) in [5.74, 6) is -2.73. The molecule has 0 bridgehead atoms. The first-order valence-electron chi connectivity index (χ1n) is 16.8. The molecule has 3 atom stereocenters. The summed E-state index contributed by atoms with van der Waals surface area (Å²) in [7, 11) is 2.00. The first-order valence-corrected chi connectivity index (χ1v) is 16.8. The summed E-state index contributed by atoms with van der Waals surface area (Å²) in [6, 6.07) is 5.35. The molecule has 0 radical (unpaired) electrons. The number of carbonyl (C=O) groups is 4. The van der Waals surface area contributed by atoms with Gasteiger partial charge in [0.2, 0.25) is 17.7 Å². The highest BCUT2D eigenvalue weighted by Crippen LogP contribution is 2.42. The first-order chi connectivity index (χ1) is 21.8. The summed E-state index contributed by atoms with van der Waals surface area (Å²) in [5.41, 5.74) is 1.21. The summed E-state index contributed by atoms with van der Waals surface area (Å²) in [5, 5.41) is 9.86. The molecule has 4 rings (SSSR count). The zero-order valence-corrected chi connectivity index (χ0v) is 28.3. The van der Waals surface area contributed by atoms with Gasteiger partial charge in [0, 0.05) is 63.6 Å². The van der Waals surface area contributed by atoms with Crippen molar-refractivity contribution in [3.05, 3.63) is 47.5 Å². The number of hydrogen-bond acceptors (Lipinski definition) is 6. The normalized spacial score (nSPS) is 19.2. The van der Waals surface area contributed by atoms with Gasteiger partial charge in [-0.3, -0.25) is 23.9 Å². The number of ketones is 1. The van der Waals surface area contributed by atoms with E-state index >= 15 is 4.39 Å². The third-order valence-corrected chi connectivity index (χ3v) is 9.99. The Morgan fingerprint density at radius 3 is 2.33 bits per heavy atom. The van der Waals surface area contributed by atoms with Crippen LogP contribution in [0.1, 0.15) is 95.1 Å². The number of anilines is 1. The van der Waals surface area contributed by atoms with Crippen LogP contribution in [0.2, 0.25) is 0 Å². The van der Waals surface area contributed by atoms with Crippen molar-refractivity contribution in [2.75, 3.05) is 38.5 Å². The van der Waals surface area contributed by atoms with E-state index in [0.717, 1.165) is 38.8 Å². The standard InChI is InChI=1S/C35H51FN6O4/c1-7-31(44)39-32(34(46)41-19-17-40(6)18-20-41)23(3)25-9-10-28(27(36)21-25)38-33(45)26(24-11-14-35(4,5)15-12-24)22-30(43)29-13-16-37-42(29)8-2/h9-10,13,16,21,23-24,26,32H,7-8,11-12,14-15,17-20,22H2,1-6H3,(H,38,45)(H,39,44)/t23-,26-,32+/m0/s1. The molecule has 1 aromatic carbocycles. The molecule has 11 heteroatoms. The van der Waals surface area contributed by atoms with Crippen molar-refractivity contribution < 1.29 is 23.6 Å². The van der Waals surface area contributed by atoms with Crippen molar-refractivity contribution in [1.82, 2.24) is 24.9 Å². The molecule has 2 N–H and O–H groups in total.